The summed E-state index contributed by atoms with van der Waals surface area (Å²) in [4.78, 5) is 29.1. The molecule has 134 valence electrons. The number of hydrogen-bond donors (Lipinski definition) is 1. The number of para-hydroxylation sites is 2. The summed E-state index contributed by atoms with van der Waals surface area (Å²) < 4.78 is 1.73. The molecule has 5 nitrogen and oxygen atoms in total. The van der Waals surface area contributed by atoms with Crippen molar-refractivity contribution in [2.45, 2.75) is 39.8 Å². The average molecular weight is 349 g/mol. The Morgan fingerprint density at radius 1 is 1.15 bits per heavy atom. The molecule has 0 aliphatic rings. The summed E-state index contributed by atoms with van der Waals surface area (Å²) in [7, 11) is 0. The van der Waals surface area contributed by atoms with E-state index in [4.69, 9.17) is 0 Å². The molecule has 0 radical (unpaired) electrons. The normalized spacial score (nSPS) is 12.1. The molecule has 1 aromatic heterocycles. The van der Waals surface area contributed by atoms with E-state index in [2.05, 4.69) is 10.3 Å². The first kappa shape index (κ1) is 17.9. The van der Waals surface area contributed by atoms with E-state index in [-0.39, 0.29) is 17.5 Å². The number of amides is 1. The lowest BCUT2D eigenvalue weighted by Gasteiger charge is -2.13. The van der Waals surface area contributed by atoms with Gasteiger partial charge in [-0.3, -0.25) is 9.59 Å². The summed E-state index contributed by atoms with van der Waals surface area (Å²) >= 11 is 0. The van der Waals surface area contributed by atoms with Gasteiger partial charge in [-0.15, -0.1) is 0 Å². The van der Waals surface area contributed by atoms with Gasteiger partial charge >= 0.3 is 0 Å². The standard InChI is InChI=1S/C21H23N3O2/c1-4-14(2)22-20(25)17-11-9-16(10-12-17)13-24-19-8-6-5-7-18(19)23-15(3)21(24)26/h5-12,14H,4,13H2,1-3H3,(H,22,25)/t14-/m0/s1. The second-order valence-electron chi connectivity index (χ2n) is 6.56. The molecule has 3 rings (SSSR count). The van der Waals surface area contributed by atoms with Crippen molar-refractivity contribution in [2.75, 3.05) is 0 Å². The Balaban J connectivity index is 1.89. The smallest absolute Gasteiger partial charge is 0.272 e. The van der Waals surface area contributed by atoms with Gasteiger partial charge in [0.2, 0.25) is 0 Å². The first-order chi connectivity index (χ1) is 12.5. The molecule has 2 aromatic carbocycles. The van der Waals surface area contributed by atoms with Gasteiger partial charge in [-0.25, -0.2) is 4.98 Å². The van der Waals surface area contributed by atoms with Crippen LogP contribution in [-0.4, -0.2) is 21.5 Å². The molecule has 5 heteroatoms. The minimum Gasteiger partial charge on any atom is -0.350 e. The van der Waals surface area contributed by atoms with Gasteiger partial charge in [0, 0.05) is 11.6 Å². The van der Waals surface area contributed by atoms with Gasteiger partial charge < -0.3 is 9.88 Å². The zero-order valence-electron chi connectivity index (χ0n) is 15.3. The Bertz CT molecular complexity index is 990. The van der Waals surface area contributed by atoms with Crippen LogP contribution in [0.1, 0.15) is 41.9 Å². The van der Waals surface area contributed by atoms with Crippen molar-refractivity contribution in [2.24, 2.45) is 0 Å². The number of fused-ring (bicyclic) bond motifs is 1. The molecule has 0 bridgehead atoms. The second-order valence-corrected chi connectivity index (χ2v) is 6.56. The minimum absolute atomic E-state index is 0.0757. The summed E-state index contributed by atoms with van der Waals surface area (Å²) in [6, 6.07) is 15.1. The van der Waals surface area contributed by atoms with Crippen LogP contribution in [0, 0.1) is 6.92 Å². The largest absolute Gasteiger partial charge is 0.350 e. The van der Waals surface area contributed by atoms with Crippen LogP contribution >= 0.6 is 0 Å². The molecule has 0 saturated carbocycles. The number of carbonyl (C=O) groups excluding carboxylic acids is 1. The summed E-state index contributed by atoms with van der Waals surface area (Å²) in [5, 5.41) is 2.95. The molecule has 0 spiro atoms. The number of rotatable bonds is 5. The van der Waals surface area contributed by atoms with E-state index >= 15 is 0 Å². The zero-order valence-corrected chi connectivity index (χ0v) is 15.3. The fourth-order valence-electron chi connectivity index (χ4n) is 2.83. The molecule has 26 heavy (non-hydrogen) atoms. The molecule has 1 N–H and O–H groups in total. The highest BCUT2D eigenvalue weighted by Crippen LogP contribution is 2.13. The molecular formula is C21H23N3O2. The highest BCUT2D eigenvalue weighted by molar-refractivity contribution is 5.94. The monoisotopic (exact) mass is 349 g/mol. The van der Waals surface area contributed by atoms with Crippen LogP contribution in [0.4, 0.5) is 0 Å². The Labute approximate surface area is 152 Å². The zero-order chi connectivity index (χ0) is 18.7. The van der Waals surface area contributed by atoms with Gasteiger partial charge in [-0.2, -0.15) is 0 Å². The van der Waals surface area contributed by atoms with Crippen LogP contribution in [0.15, 0.2) is 53.3 Å². The molecule has 1 heterocycles. The van der Waals surface area contributed by atoms with Crippen LogP contribution in [-0.2, 0) is 6.54 Å². The predicted octanol–water partition coefficient (Wildman–Crippen LogP) is 3.28. The first-order valence-electron chi connectivity index (χ1n) is 8.85. The van der Waals surface area contributed by atoms with Crippen molar-refractivity contribution in [1.82, 2.24) is 14.9 Å². The lowest BCUT2D eigenvalue weighted by atomic mass is 10.1. The molecule has 0 aliphatic heterocycles. The Morgan fingerprint density at radius 2 is 1.85 bits per heavy atom. The topological polar surface area (TPSA) is 64.0 Å². The van der Waals surface area contributed by atoms with E-state index in [0.717, 1.165) is 23.0 Å². The van der Waals surface area contributed by atoms with E-state index in [0.29, 0.717) is 17.8 Å². The Kier molecular flexibility index (Phi) is 5.16. The van der Waals surface area contributed by atoms with Crippen LogP contribution < -0.4 is 10.9 Å². The third-order valence-corrected chi connectivity index (χ3v) is 4.56. The number of carbonyl (C=O) groups is 1. The first-order valence-corrected chi connectivity index (χ1v) is 8.85. The van der Waals surface area contributed by atoms with Crippen LogP contribution in [0.5, 0.6) is 0 Å². The van der Waals surface area contributed by atoms with Gasteiger partial charge in [0.25, 0.3) is 11.5 Å². The summed E-state index contributed by atoms with van der Waals surface area (Å²) in [6.07, 6.45) is 0.890. The fraction of sp³-hybridized carbons (Fsp3) is 0.286. The van der Waals surface area contributed by atoms with E-state index in [9.17, 15) is 9.59 Å². The SMILES string of the molecule is CC[C@H](C)NC(=O)c1ccc(Cn2c(=O)c(C)nc3ccccc32)cc1. The highest BCUT2D eigenvalue weighted by Gasteiger charge is 2.10. The van der Waals surface area contributed by atoms with E-state index in [1.165, 1.54) is 0 Å². The average Bonchev–Trinajstić information content (AvgIpc) is 2.65. The maximum atomic E-state index is 12.6. The summed E-state index contributed by atoms with van der Waals surface area (Å²) in [5.41, 5.74) is 3.58. The second kappa shape index (κ2) is 7.52. The third kappa shape index (κ3) is 3.67. The number of nitrogens with zero attached hydrogens (tertiary/aromatic N) is 2. The van der Waals surface area contributed by atoms with Crippen molar-refractivity contribution in [1.29, 1.82) is 0 Å². The molecule has 1 atom stereocenters. The maximum Gasteiger partial charge on any atom is 0.272 e. The Morgan fingerprint density at radius 3 is 2.54 bits per heavy atom. The molecule has 1 amide bonds. The predicted molar refractivity (Wildman–Crippen MR) is 104 cm³/mol. The van der Waals surface area contributed by atoms with Crippen molar-refractivity contribution >= 4 is 16.9 Å². The van der Waals surface area contributed by atoms with E-state index < -0.39 is 0 Å². The fourth-order valence-corrected chi connectivity index (χ4v) is 2.83. The molecule has 3 aromatic rings. The molecular weight excluding hydrogens is 326 g/mol. The molecule has 0 fully saturated rings. The lowest BCUT2D eigenvalue weighted by molar-refractivity contribution is 0.0939. The van der Waals surface area contributed by atoms with E-state index in [1.54, 1.807) is 23.6 Å². The van der Waals surface area contributed by atoms with Crippen molar-refractivity contribution in [3.63, 3.8) is 0 Å². The van der Waals surface area contributed by atoms with Gasteiger partial charge in [-0.05, 0) is 50.1 Å². The lowest BCUT2D eigenvalue weighted by Crippen LogP contribution is -2.31. The van der Waals surface area contributed by atoms with Gasteiger partial charge in [0.15, 0.2) is 0 Å². The number of aryl methyl sites for hydroxylation is 1. The summed E-state index contributed by atoms with van der Waals surface area (Å²) in [5.74, 6) is -0.0757. The van der Waals surface area contributed by atoms with Crippen molar-refractivity contribution < 1.29 is 4.79 Å². The Hall–Kier alpha value is -2.95. The van der Waals surface area contributed by atoms with Crippen LogP contribution in [0.3, 0.4) is 0 Å². The summed E-state index contributed by atoms with van der Waals surface area (Å²) in [6.45, 7) is 6.19. The quantitative estimate of drug-likeness (QED) is 0.769. The third-order valence-electron chi connectivity index (χ3n) is 4.56. The number of benzene rings is 2. The van der Waals surface area contributed by atoms with Gasteiger partial charge in [-0.1, -0.05) is 31.2 Å². The van der Waals surface area contributed by atoms with Crippen molar-refractivity contribution in [3.05, 3.63) is 75.7 Å². The van der Waals surface area contributed by atoms with Gasteiger partial charge in [0.05, 0.1) is 17.6 Å². The maximum absolute atomic E-state index is 12.6. The van der Waals surface area contributed by atoms with Crippen LogP contribution in [0.2, 0.25) is 0 Å². The van der Waals surface area contributed by atoms with Crippen molar-refractivity contribution in [3.8, 4) is 0 Å². The highest BCUT2D eigenvalue weighted by atomic mass is 16.1. The number of hydrogen-bond acceptors (Lipinski definition) is 3. The molecule has 0 saturated heterocycles. The molecule has 0 unspecified atom stereocenters. The van der Waals surface area contributed by atoms with Crippen LogP contribution in [0.25, 0.3) is 11.0 Å². The van der Waals surface area contributed by atoms with Gasteiger partial charge in [0.1, 0.15) is 5.69 Å². The molecule has 0 aliphatic carbocycles. The minimum atomic E-state index is -0.0951. The number of aromatic nitrogens is 2. The van der Waals surface area contributed by atoms with E-state index in [1.807, 2.05) is 50.2 Å². The number of nitrogens with one attached hydrogen (secondary N) is 1.